The monoisotopic (exact) mass is 403 g/mol. The van der Waals surface area contributed by atoms with E-state index in [4.69, 9.17) is 4.42 Å². The minimum absolute atomic E-state index is 0.0219. The van der Waals surface area contributed by atoms with Crippen molar-refractivity contribution in [2.75, 3.05) is 7.05 Å². The fraction of sp³-hybridized carbons (Fsp3) is 0.278. The molecule has 0 atom stereocenters. The zero-order valence-corrected chi connectivity index (χ0v) is 15.8. The van der Waals surface area contributed by atoms with Crippen LogP contribution in [0.15, 0.2) is 44.1 Å². The van der Waals surface area contributed by atoms with Gasteiger partial charge < -0.3 is 9.32 Å². The lowest BCUT2D eigenvalue weighted by molar-refractivity contribution is 0.0781. The molecule has 2 aromatic heterocycles. The van der Waals surface area contributed by atoms with Crippen molar-refractivity contribution in [3.63, 3.8) is 0 Å². The highest BCUT2D eigenvalue weighted by atomic mass is 79.9. The van der Waals surface area contributed by atoms with Crippen LogP contribution in [0.4, 0.5) is 0 Å². The molecule has 3 aromatic rings. The standard InChI is InChI=1S/C18H18BrN3O3/c1-4-22-11(2)13(9-20-22)10-21(3)17(23)15-8-12-7-14(19)5-6-16(12)25-18(15)24/h5-9H,4,10H2,1-3H3. The molecule has 0 aliphatic carbocycles. The van der Waals surface area contributed by atoms with Gasteiger partial charge in [0.2, 0.25) is 0 Å². The van der Waals surface area contributed by atoms with Crippen LogP contribution in [0.1, 0.15) is 28.5 Å². The molecule has 0 saturated heterocycles. The van der Waals surface area contributed by atoms with Gasteiger partial charge in [0.25, 0.3) is 5.91 Å². The molecule has 0 aliphatic rings. The summed E-state index contributed by atoms with van der Waals surface area (Å²) >= 11 is 3.38. The van der Waals surface area contributed by atoms with Crippen LogP contribution < -0.4 is 5.63 Å². The number of carbonyl (C=O) groups is 1. The van der Waals surface area contributed by atoms with Gasteiger partial charge in [-0.3, -0.25) is 9.48 Å². The Hall–Kier alpha value is -2.41. The Kier molecular flexibility index (Phi) is 4.76. The van der Waals surface area contributed by atoms with Crippen LogP contribution in [0.3, 0.4) is 0 Å². The van der Waals surface area contributed by atoms with Crippen LogP contribution in [-0.2, 0) is 13.1 Å². The van der Waals surface area contributed by atoms with Gasteiger partial charge in [0.1, 0.15) is 11.1 Å². The first-order valence-corrected chi connectivity index (χ1v) is 8.70. The van der Waals surface area contributed by atoms with Crippen LogP contribution >= 0.6 is 15.9 Å². The number of aromatic nitrogens is 2. The molecule has 0 bridgehead atoms. The molecule has 3 rings (SSSR count). The van der Waals surface area contributed by atoms with E-state index in [-0.39, 0.29) is 11.5 Å². The average Bonchev–Trinajstić information content (AvgIpc) is 2.94. The zero-order valence-electron chi connectivity index (χ0n) is 14.2. The van der Waals surface area contributed by atoms with Gasteiger partial charge in [-0.2, -0.15) is 5.10 Å². The summed E-state index contributed by atoms with van der Waals surface area (Å²) in [6, 6.07) is 6.87. The molecule has 0 saturated carbocycles. The van der Waals surface area contributed by atoms with Crippen molar-refractivity contribution in [1.29, 1.82) is 0 Å². The zero-order chi connectivity index (χ0) is 18.1. The van der Waals surface area contributed by atoms with Crippen molar-refractivity contribution in [3.05, 3.63) is 62.2 Å². The van der Waals surface area contributed by atoms with E-state index < -0.39 is 5.63 Å². The van der Waals surface area contributed by atoms with Gasteiger partial charge >= 0.3 is 5.63 Å². The second-order valence-electron chi connectivity index (χ2n) is 5.86. The molecule has 0 radical (unpaired) electrons. The smallest absolute Gasteiger partial charge is 0.349 e. The maximum Gasteiger partial charge on any atom is 0.349 e. The summed E-state index contributed by atoms with van der Waals surface area (Å²) in [5, 5.41) is 4.98. The van der Waals surface area contributed by atoms with Crippen molar-refractivity contribution in [3.8, 4) is 0 Å². The normalized spacial score (nSPS) is 11.0. The lowest BCUT2D eigenvalue weighted by atomic mass is 10.1. The number of amides is 1. The molecule has 7 heteroatoms. The van der Waals surface area contributed by atoms with E-state index in [1.54, 1.807) is 31.4 Å². The van der Waals surface area contributed by atoms with E-state index in [0.717, 1.165) is 22.3 Å². The maximum absolute atomic E-state index is 12.7. The highest BCUT2D eigenvalue weighted by Crippen LogP contribution is 2.20. The molecule has 0 aliphatic heterocycles. The molecule has 6 nitrogen and oxygen atoms in total. The Bertz CT molecular complexity index is 1010. The van der Waals surface area contributed by atoms with Crippen LogP contribution in [0, 0.1) is 6.92 Å². The maximum atomic E-state index is 12.7. The van der Waals surface area contributed by atoms with Gasteiger partial charge in [-0.25, -0.2) is 4.79 Å². The molecular weight excluding hydrogens is 386 g/mol. The molecule has 0 unspecified atom stereocenters. The third-order valence-corrected chi connectivity index (χ3v) is 4.68. The third-order valence-electron chi connectivity index (χ3n) is 4.18. The Morgan fingerprint density at radius 2 is 2.12 bits per heavy atom. The van der Waals surface area contributed by atoms with Gasteiger partial charge in [-0.15, -0.1) is 0 Å². The van der Waals surface area contributed by atoms with Crippen LogP contribution in [0.25, 0.3) is 11.0 Å². The summed E-state index contributed by atoms with van der Waals surface area (Å²) in [7, 11) is 1.66. The number of nitrogens with zero attached hydrogens (tertiary/aromatic N) is 3. The van der Waals surface area contributed by atoms with E-state index in [1.807, 2.05) is 24.6 Å². The first-order valence-electron chi connectivity index (χ1n) is 7.91. The fourth-order valence-electron chi connectivity index (χ4n) is 2.74. The summed E-state index contributed by atoms with van der Waals surface area (Å²) in [5.41, 5.74) is 1.80. The van der Waals surface area contributed by atoms with Gasteiger partial charge in [-0.05, 0) is 38.1 Å². The minimum atomic E-state index is -0.632. The Morgan fingerprint density at radius 1 is 1.36 bits per heavy atom. The number of carbonyl (C=O) groups excluding carboxylic acids is 1. The Balaban J connectivity index is 1.91. The van der Waals surface area contributed by atoms with Crippen LogP contribution in [-0.4, -0.2) is 27.6 Å². The van der Waals surface area contributed by atoms with Crippen molar-refractivity contribution in [2.24, 2.45) is 0 Å². The molecule has 130 valence electrons. The minimum Gasteiger partial charge on any atom is -0.422 e. The molecule has 0 N–H and O–H groups in total. The summed E-state index contributed by atoms with van der Waals surface area (Å²) in [6.45, 7) is 5.12. The molecule has 1 aromatic carbocycles. The van der Waals surface area contributed by atoms with E-state index in [2.05, 4.69) is 21.0 Å². The third kappa shape index (κ3) is 3.37. The summed E-state index contributed by atoms with van der Waals surface area (Å²) < 4.78 is 7.99. The lowest BCUT2D eigenvalue weighted by Crippen LogP contribution is -2.30. The second-order valence-corrected chi connectivity index (χ2v) is 6.78. The highest BCUT2D eigenvalue weighted by Gasteiger charge is 2.19. The number of aryl methyl sites for hydroxylation is 1. The first kappa shape index (κ1) is 17.4. The number of halogens is 1. The summed E-state index contributed by atoms with van der Waals surface area (Å²) in [6.07, 6.45) is 1.75. The van der Waals surface area contributed by atoms with Gasteiger partial charge in [-0.1, -0.05) is 15.9 Å². The number of rotatable bonds is 4. The lowest BCUT2D eigenvalue weighted by Gasteiger charge is -2.16. The summed E-state index contributed by atoms with van der Waals surface area (Å²) in [4.78, 5) is 26.4. The molecule has 2 heterocycles. The Labute approximate surface area is 153 Å². The SMILES string of the molecule is CCn1ncc(CN(C)C(=O)c2cc3cc(Br)ccc3oc2=O)c1C. The Morgan fingerprint density at radius 3 is 2.80 bits per heavy atom. The second kappa shape index (κ2) is 6.84. The van der Waals surface area contributed by atoms with E-state index in [0.29, 0.717) is 17.5 Å². The molecule has 0 spiro atoms. The van der Waals surface area contributed by atoms with Crippen LogP contribution in [0.2, 0.25) is 0 Å². The van der Waals surface area contributed by atoms with Gasteiger partial charge in [0, 0.05) is 41.3 Å². The number of hydrogen-bond donors (Lipinski definition) is 0. The fourth-order valence-corrected chi connectivity index (χ4v) is 3.11. The predicted molar refractivity (Wildman–Crippen MR) is 98.6 cm³/mol. The highest BCUT2D eigenvalue weighted by molar-refractivity contribution is 9.10. The van der Waals surface area contributed by atoms with Crippen molar-refractivity contribution < 1.29 is 9.21 Å². The van der Waals surface area contributed by atoms with Crippen molar-refractivity contribution in [2.45, 2.75) is 26.9 Å². The van der Waals surface area contributed by atoms with E-state index in [1.165, 1.54) is 4.90 Å². The van der Waals surface area contributed by atoms with Crippen molar-refractivity contribution >= 4 is 32.8 Å². The molecule has 25 heavy (non-hydrogen) atoms. The first-order chi connectivity index (χ1) is 11.9. The largest absolute Gasteiger partial charge is 0.422 e. The van der Waals surface area contributed by atoms with Gasteiger partial charge in [0.15, 0.2) is 0 Å². The van der Waals surface area contributed by atoms with Gasteiger partial charge in [0.05, 0.1) is 6.20 Å². The summed E-state index contributed by atoms with van der Waals surface area (Å²) in [5.74, 6) is -0.376. The molecular formula is C18H18BrN3O3. The number of hydrogen-bond acceptors (Lipinski definition) is 4. The van der Waals surface area contributed by atoms with Crippen LogP contribution in [0.5, 0.6) is 0 Å². The number of benzene rings is 1. The topological polar surface area (TPSA) is 68.3 Å². The average molecular weight is 404 g/mol. The van der Waals surface area contributed by atoms with E-state index in [9.17, 15) is 9.59 Å². The van der Waals surface area contributed by atoms with Crippen molar-refractivity contribution in [1.82, 2.24) is 14.7 Å². The molecule has 1 amide bonds. The van der Waals surface area contributed by atoms with E-state index >= 15 is 0 Å². The number of fused-ring (bicyclic) bond motifs is 1. The molecule has 0 fully saturated rings. The quantitative estimate of drug-likeness (QED) is 0.626. The predicted octanol–water partition coefficient (Wildman–Crippen LogP) is 3.35.